The lowest BCUT2D eigenvalue weighted by Crippen LogP contribution is -2.34. The topological polar surface area (TPSA) is 20.3 Å². The second-order valence-electron chi connectivity index (χ2n) is 6.48. The highest BCUT2D eigenvalue weighted by Gasteiger charge is 2.30. The molecule has 0 unspecified atom stereocenters. The summed E-state index contributed by atoms with van der Waals surface area (Å²) in [4.78, 5) is 14.6. The minimum atomic E-state index is -4.40. The normalized spacial score (nSPS) is 19.1. The van der Waals surface area contributed by atoms with Gasteiger partial charge in [-0.15, -0.1) is 0 Å². The van der Waals surface area contributed by atoms with Gasteiger partial charge in [0.2, 0.25) is 0 Å². The molecule has 0 radical (unpaired) electrons. The number of halogens is 4. The molecule has 0 atom stereocenters. The van der Waals surface area contributed by atoms with Crippen LogP contribution in [-0.4, -0.2) is 30.8 Å². The Balaban J connectivity index is 1.90. The molecule has 1 heterocycles. The summed E-state index contributed by atoms with van der Waals surface area (Å²) in [7, 11) is 1.82. The van der Waals surface area contributed by atoms with E-state index in [0.717, 1.165) is 12.1 Å². The van der Waals surface area contributed by atoms with Crippen molar-refractivity contribution in [1.29, 1.82) is 0 Å². The highest BCUT2D eigenvalue weighted by Crippen LogP contribution is 2.29. The average molecular weight is 375 g/mol. The van der Waals surface area contributed by atoms with E-state index in [2.05, 4.69) is 0 Å². The molecule has 0 bridgehead atoms. The maximum atomic E-state index is 13.9. The first-order valence-corrected chi connectivity index (χ1v) is 8.30. The summed E-state index contributed by atoms with van der Waals surface area (Å²) in [6.45, 7) is 0.742. The second kappa shape index (κ2) is 7.48. The lowest BCUT2D eigenvalue weighted by Gasteiger charge is -2.26. The van der Waals surface area contributed by atoms with Gasteiger partial charge in [0.05, 0.1) is 5.56 Å². The Morgan fingerprint density at radius 3 is 2.11 bits per heavy atom. The van der Waals surface area contributed by atoms with Crippen LogP contribution in [0.25, 0.3) is 12.2 Å². The fraction of sp³-hybridized carbons (Fsp3) is 0.190. The van der Waals surface area contributed by atoms with Crippen molar-refractivity contribution in [3.8, 4) is 0 Å². The molecular formula is C21H17F4NO. The van der Waals surface area contributed by atoms with Crippen LogP contribution in [0.3, 0.4) is 0 Å². The van der Waals surface area contributed by atoms with Gasteiger partial charge in [0.25, 0.3) is 0 Å². The van der Waals surface area contributed by atoms with Crippen LogP contribution in [-0.2, 0) is 11.0 Å². The van der Waals surface area contributed by atoms with Gasteiger partial charge in [0, 0.05) is 29.8 Å². The van der Waals surface area contributed by atoms with Gasteiger partial charge in [-0.05, 0) is 43.0 Å². The van der Waals surface area contributed by atoms with Crippen LogP contribution >= 0.6 is 0 Å². The predicted molar refractivity (Wildman–Crippen MR) is 96.3 cm³/mol. The summed E-state index contributed by atoms with van der Waals surface area (Å²) in [6, 6.07) is 10.8. The molecule has 1 aliphatic rings. The van der Waals surface area contributed by atoms with Crippen molar-refractivity contribution in [2.24, 2.45) is 0 Å². The van der Waals surface area contributed by atoms with Gasteiger partial charge in [-0.25, -0.2) is 4.39 Å². The standard InChI is InChI=1S/C21H17F4NO/c1-26-12-16(10-14-6-8-18(9-7-14)21(23,24)25)20(27)17(13-26)11-15-4-2-3-5-19(15)22/h2-11H,12-13H2,1H3/b16-10+,17-11+. The lowest BCUT2D eigenvalue weighted by molar-refractivity contribution is -0.137. The Morgan fingerprint density at radius 1 is 0.926 bits per heavy atom. The molecule has 0 aliphatic carbocycles. The SMILES string of the molecule is CN1C/C(=C\c2ccc(C(F)(F)F)cc2)C(=O)/C(=C/c2ccccc2F)C1. The average Bonchev–Trinajstić information content (AvgIpc) is 2.60. The summed E-state index contributed by atoms with van der Waals surface area (Å²) in [5, 5.41) is 0. The van der Waals surface area contributed by atoms with Gasteiger partial charge in [-0.2, -0.15) is 13.2 Å². The van der Waals surface area contributed by atoms with Crippen molar-refractivity contribution in [2.45, 2.75) is 6.18 Å². The molecule has 1 fully saturated rings. The molecule has 0 aromatic heterocycles. The molecular weight excluding hydrogens is 358 g/mol. The van der Waals surface area contributed by atoms with Gasteiger partial charge in [0.1, 0.15) is 5.82 Å². The smallest absolute Gasteiger partial charge is 0.298 e. The number of rotatable bonds is 2. The number of likely N-dealkylation sites (N-methyl/N-ethyl adjacent to an activating group) is 1. The van der Waals surface area contributed by atoms with E-state index < -0.39 is 17.6 Å². The quantitative estimate of drug-likeness (QED) is 0.554. The first kappa shape index (κ1) is 19.0. The fourth-order valence-electron chi connectivity index (χ4n) is 2.96. The van der Waals surface area contributed by atoms with E-state index >= 15 is 0 Å². The molecule has 2 aromatic rings. The number of carbonyl (C=O) groups excluding carboxylic acids is 1. The van der Waals surface area contributed by atoms with E-state index in [-0.39, 0.29) is 5.78 Å². The van der Waals surface area contributed by atoms with E-state index in [1.807, 2.05) is 11.9 Å². The number of hydrogen-bond donors (Lipinski definition) is 0. The van der Waals surface area contributed by atoms with Crippen molar-refractivity contribution >= 4 is 17.9 Å². The van der Waals surface area contributed by atoms with Crippen LogP contribution in [0.2, 0.25) is 0 Å². The maximum absolute atomic E-state index is 13.9. The number of Topliss-reactive ketones (excluding diaryl/α,β-unsaturated/α-hetero) is 1. The van der Waals surface area contributed by atoms with Gasteiger partial charge in [-0.3, -0.25) is 9.69 Å². The molecule has 27 heavy (non-hydrogen) atoms. The van der Waals surface area contributed by atoms with Gasteiger partial charge in [0.15, 0.2) is 5.78 Å². The fourth-order valence-corrected chi connectivity index (χ4v) is 2.96. The Hall–Kier alpha value is -2.73. The van der Waals surface area contributed by atoms with Crippen LogP contribution in [0, 0.1) is 5.82 Å². The molecule has 2 aromatic carbocycles. The zero-order valence-corrected chi connectivity index (χ0v) is 14.6. The highest BCUT2D eigenvalue weighted by molar-refractivity contribution is 6.14. The summed E-state index contributed by atoms with van der Waals surface area (Å²) >= 11 is 0. The third kappa shape index (κ3) is 4.52. The summed E-state index contributed by atoms with van der Waals surface area (Å²) in [5.74, 6) is -0.643. The van der Waals surface area contributed by atoms with Crippen LogP contribution < -0.4 is 0 Å². The van der Waals surface area contributed by atoms with Gasteiger partial charge < -0.3 is 0 Å². The number of ketones is 1. The molecule has 0 saturated carbocycles. The molecule has 2 nitrogen and oxygen atoms in total. The molecule has 0 spiro atoms. The van der Waals surface area contributed by atoms with E-state index in [0.29, 0.717) is 35.4 Å². The number of carbonyl (C=O) groups is 1. The van der Waals surface area contributed by atoms with Crippen molar-refractivity contribution in [1.82, 2.24) is 4.90 Å². The number of piperidine rings is 1. The van der Waals surface area contributed by atoms with Gasteiger partial charge in [-0.1, -0.05) is 30.3 Å². The monoisotopic (exact) mass is 375 g/mol. The molecule has 0 N–H and O–H groups in total. The number of hydrogen-bond acceptors (Lipinski definition) is 2. The molecule has 0 amide bonds. The number of alkyl halides is 3. The van der Waals surface area contributed by atoms with E-state index in [1.165, 1.54) is 24.3 Å². The van der Waals surface area contributed by atoms with Crippen molar-refractivity contribution < 1.29 is 22.4 Å². The first-order chi connectivity index (χ1) is 12.7. The third-order valence-electron chi connectivity index (χ3n) is 4.28. The van der Waals surface area contributed by atoms with Crippen molar-refractivity contribution in [2.75, 3.05) is 20.1 Å². The zero-order valence-electron chi connectivity index (χ0n) is 14.6. The molecule has 3 rings (SSSR count). The van der Waals surface area contributed by atoms with Crippen LogP contribution in [0.4, 0.5) is 17.6 Å². The summed E-state index contributed by atoms with van der Waals surface area (Å²) < 4.78 is 51.9. The van der Waals surface area contributed by atoms with Crippen molar-refractivity contribution in [3.63, 3.8) is 0 Å². The van der Waals surface area contributed by atoms with Crippen LogP contribution in [0.5, 0.6) is 0 Å². The Kier molecular flexibility index (Phi) is 5.28. The van der Waals surface area contributed by atoms with E-state index in [4.69, 9.17) is 0 Å². The zero-order chi connectivity index (χ0) is 19.6. The molecule has 1 saturated heterocycles. The molecule has 140 valence electrons. The number of likely N-dealkylation sites (tertiary alicyclic amines) is 1. The van der Waals surface area contributed by atoms with Crippen LogP contribution in [0.15, 0.2) is 59.7 Å². The maximum Gasteiger partial charge on any atom is 0.416 e. The largest absolute Gasteiger partial charge is 0.416 e. The lowest BCUT2D eigenvalue weighted by atomic mass is 9.94. The molecule has 6 heteroatoms. The van der Waals surface area contributed by atoms with E-state index in [1.54, 1.807) is 24.3 Å². The van der Waals surface area contributed by atoms with E-state index in [9.17, 15) is 22.4 Å². The summed E-state index contributed by atoms with van der Waals surface area (Å²) in [6.07, 6.45) is -1.30. The second-order valence-corrected chi connectivity index (χ2v) is 6.48. The molecule has 1 aliphatic heterocycles. The van der Waals surface area contributed by atoms with Crippen LogP contribution in [0.1, 0.15) is 16.7 Å². The number of nitrogens with zero attached hydrogens (tertiary/aromatic N) is 1. The first-order valence-electron chi connectivity index (χ1n) is 8.30. The highest BCUT2D eigenvalue weighted by atomic mass is 19.4. The minimum Gasteiger partial charge on any atom is -0.298 e. The Morgan fingerprint density at radius 2 is 1.52 bits per heavy atom. The number of benzene rings is 2. The van der Waals surface area contributed by atoms with Gasteiger partial charge >= 0.3 is 6.18 Å². The summed E-state index contributed by atoms with van der Waals surface area (Å²) in [5.41, 5.74) is 0.979. The predicted octanol–water partition coefficient (Wildman–Crippen LogP) is 4.83. The third-order valence-corrected chi connectivity index (χ3v) is 4.28. The Bertz CT molecular complexity index is 911. The van der Waals surface area contributed by atoms with Crippen molar-refractivity contribution in [3.05, 3.63) is 82.2 Å². The minimum absolute atomic E-state index is 0.226. The Labute approximate surface area is 154 Å².